The number of carbonyl (C=O) groups is 1. The molecule has 9 heteroatoms. The van der Waals surface area contributed by atoms with Crippen molar-refractivity contribution in [1.82, 2.24) is 4.57 Å². The summed E-state index contributed by atoms with van der Waals surface area (Å²) in [5.41, 5.74) is 0.664. The molecule has 0 saturated carbocycles. The molecule has 1 heterocycles. The Morgan fingerprint density at radius 2 is 1.93 bits per heavy atom. The number of methoxy groups -OCH3 is 1. The Hall–Kier alpha value is -3.88. The maximum Gasteiger partial charge on any atom is 0.271 e. The van der Waals surface area contributed by atoms with Crippen molar-refractivity contribution in [3.63, 3.8) is 0 Å². The van der Waals surface area contributed by atoms with Gasteiger partial charge in [-0.15, -0.1) is 0 Å². The van der Waals surface area contributed by atoms with Gasteiger partial charge in [-0.1, -0.05) is 12.1 Å². The van der Waals surface area contributed by atoms with Gasteiger partial charge in [0, 0.05) is 37.1 Å². The van der Waals surface area contributed by atoms with Gasteiger partial charge in [-0.25, -0.2) is 0 Å². The van der Waals surface area contributed by atoms with Crippen LogP contribution in [0.4, 0.5) is 11.4 Å². The summed E-state index contributed by atoms with van der Waals surface area (Å²) in [6.07, 6.45) is 0.529. The first-order valence-corrected chi connectivity index (χ1v) is 9.24. The highest BCUT2D eigenvalue weighted by Gasteiger charge is 2.14. The third-order valence-electron chi connectivity index (χ3n) is 4.59. The predicted molar refractivity (Wildman–Crippen MR) is 112 cm³/mol. The third kappa shape index (κ3) is 4.57. The number of pyridine rings is 1. The Morgan fingerprint density at radius 1 is 1.17 bits per heavy atom. The maximum absolute atomic E-state index is 12.2. The second-order valence-corrected chi connectivity index (χ2v) is 6.56. The molecule has 1 amide bonds. The van der Waals surface area contributed by atoms with Crippen LogP contribution in [0, 0.1) is 10.1 Å². The van der Waals surface area contributed by atoms with E-state index in [4.69, 9.17) is 9.47 Å². The van der Waals surface area contributed by atoms with E-state index in [0.29, 0.717) is 17.9 Å². The Labute approximate surface area is 172 Å². The minimum absolute atomic E-state index is 0.134. The van der Waals surface area contributed by atoms with Gasteiger partial charge in [0.25, 0.3) is 11.2 Å². The topological polar surface area (TPSA) is 113 Å². The zero-order chi connectivity index (χ0) is 21.7. The number of fused-ring (bicyclic) bond motifs is 1. The zero-order valence-electron chi connectivity index (χ0n) is 16.6. The summed E-state index contributed by atoms with van der Waals surface area (Å²) >= 11 is 0. The molecule has 0 atom stereocenters. The number of carbonyl (C=O) groups excluding carboxylic acids is 1. The van der Waals surface area contributed by atoms with E-state index in [2.05, 4.69) is 5.32 Å². The van der Waals surface area contributed by atoms with Crippen LogP contribution in [0.5, 0.6) is 11.5 Å². The van der Waals surface area contributed by atoms with E-state index in [9.17, 15) is 19.7 Å². The average molecular weight is 411 g/mol. The number of benzene rings is 2. The number of anilines is 1. The van der Waals surface area contributed by atoms with E-state index < -0.39 is 4.92 Å². The molecule has 0 aliphatic heterocycles. The van der Waals surface area contributed by atoms with Crippen LogP contribution in [0.25, 0.3) is 10.9 Å². The van der Waals surface area contributed by atoms with Gasteiger partial charge in [0.1, 0.15) is 11.5 Å². The minimum atomic E-state index is -0.544. The Balaban J connectivity index is 1.61. The fourth-order valence-electron chi connectivity index (χ4n) is 3.03. The summed E-state index contributed by atoms with van der Waals surface area (Å²) in [5, 5.41) is 14.4. The van der Waals surface area contributed by atoms with Crippen molar-refractivity contribution < 1.29 is 19.2 Å². The molecule has 0 radical (unpaired) electrons. The molecule has 9 nitrogen and oxygen atoms in total. The van der Waals surface area contributed by atoms with Gasteiger partial charge in [0.2, 0.25) is 5.91 Å². The third-order valence-corrected chi connectivity index (χ3v) is 4.59. The number of amides is 1. The van der Waals surface area contributed by atoms with E-state index in [1.54, 1.807) is 11.6 Å². The van der Waals surface area contributed by atoms with E-state index in [1.165, 1.54) is 31.4 Å². The van der Waals surface area contributed by atoms with Gasteiger partial charge in [-0.2, -0.15) is 0 Å². The molecular weight excluding hydrogens is 390 g/mol. The molecule has 156 valence electrons. The largest absolute Gasteiger partial charge is 0.495 e. The van der Waals surface area contributed by atoms with Crippen LogP contribution in [-0.2, 0) is 11.8 Å². The second-order valence-electron chi connectivity index (χ2n) is 6.56. The molecule has 0 aliphatic rings. The van der Waals surface area contributed by atoms with Crippen molar-refractivity contribution in [2.45, 2.75) is 12.8 Å². The van der Waals surface area contributed by atoms with Crippen molar-refractivity contribution >= 4 is 28.2 Å². The molecule has 1 N–H and O–H groups in total. The van der Waals surface area contributed by atoms with Gasteiger partial charge >= 0.3 is 0 Å². The Morgan fingerprint density at radius 3 is 2.67 bits per heavy atom. The highest BCUT2D eigenvalue weighted by molar-refractivity contribution is 5.92. The number of aromatic nitrogens is 1. The summed E-state index contributed by atoms with van der Waals surface area (Å²) in [6, 6.07) is 12.8. The first-order chi connectivity index (χ1) is 14.4. The normalized spacial score (nSPS) is 10.6. The number of nitro benzene ring substituents is 1. The van der Waals surface area contributed by atoms with Crippen molar-refractivity contribution in [3.8, 4) is 11.5 Å². The number of aryl methyl sites for hydroxylation is 1. The lowest BCUT2D eigenvalue weighted by atomic mass is 10.2. The van der Waals surface area contributed by atoms with Gasteiger partial charge in [0.15, 0.2) is 0 Å². The number of non-ortho nitro benzene ring substituents is 1. The van der Waals surface area contributed by atoms with Crippen LogP contribution in [0.1, 0.15) is 12.8 Å². The number of hydrogen-bond donors (Lipinski definition) is 1. The first-order valence-electron chi connectivity index (χ1n) is 9.24. The molecule has 0 bridgehead atoms. The van der Waals surface area contributed by atoms with Gasteiger partial charge in [-0.3, -0.25) is 19.7 Å². The van der Waals surface area contributed by atoms with E-state index in [1.807, 2.05) is 24.3 Å². The van der Waals surface area contributed by atoms with Crippen molar-refractivity contribution in [3.05, 3.63) is 69.0 Å². The summed E-state index contributed by atoms with van der Waals surface area (Å²) < 4.78 is 12.4. The standard InChI is InChI=1S/C21H21N3O6/c1-23-17-7-4-3-6-15(17)19(13-21(23)26)30-11-5-8-20(25)22-16-12-14(24(27)28)9-10-18(16)29-2/h3-4,6-7,9-10,12-13H,5,8,11H2,1-2H3,(H,22,25). The fourth-order valence-corrected chi connectivity index (χ4v) is 3.03. The van der Waals surface area contributed by atoms with E-state index in [-0.39, 0.29) is 35.9 Å². The number of nitrogens with one attached hydrogen (secondary N) is 1. The second kappa shape index (κ2) is 9.08. The monoisotopic (exact) mass is 411 g/mol. The van der Waals surface area contributed by atoms with Crippen LogP contribution >= 0.6 is 0 Å². The summed E-state index contributed by atoms with van der Waals surface area (Å²) in [7, 11) is 3.11. The summed E-state index contributed by atoms with van der Waals surface area (Å²) in [5.74, 6) is 0.470. The van der Waals surface area contributed by atoms with E-state index >= 15 is 0 Å². The molecule has 0 fully saturated rings. The average Bonchev–Trinajstić information content (AvgIpc) is 2.74. The minimum Gasteiger partial charge on any atom is -0.495 e. The number of ether oxygens (including phenoxy) is 2. The van der Waals surface area contributed by atoms with Crippen LogP contribution in [0.2, 0.25) is 0 Å². The molecule has 30 heavy (non-hydrogen) atoms. The molecule has 0 saturated heterocycles. The first kappa shape index (κ1) is 20.8. The SMILES string of the molecule is COc1ccc([N+](=O)[O-])cc1NC(=O)CCCOc1cc(=O)n(C)c2ccccc12. The number of rotatable bonds is 8. The summed E-state index contributed by atoms with van der Waals surface area (Å²) in [4.78, 5) is 34.7. The van der Waals surface area contributed by atoms with Crippen LogP contribution in [0.15, 0.2) is 53.3 Å². The van der Waals surface area contributed by atoms with Crippen molar-refractivity contribution in [2.75, 3.05) is 19.0 Å². The number of nitro groups is 1. The molecular formula is C21H21N3O6. The number of hydrogen-bond acceptors (Lipinski definition) is 6. The highest BCUT2D eigenvalue weighted by Crippen LogP contribution is 2.29. The van der Waals surface area contributed by atoms with Crippen LogP contribution in [0.3, 0.4) is 0 Å². The smallest absolute Gasteiger partial charge is 0.271 e. The van der Waals surface area contributed by atoms with Gasteiger partial charge < -0.3 is 19.4 Å². The Kier molecular flexibility index (Phi) is 6.31. The molecule has 1 aromatic heterocycles. The fraction of sp³-hybridized carbons (Fsp3) is 0.238. The van der Waals surface area contributed by atoms with Gasteiger partial charge in [-0.05, 0) is 24.6 Å². The number of para-hydroxylation sites is 1. The lowest BCUT2D eigenvalue weighted by molar-refractivity contribution is -0.384. The molecule has 0 aliphatic carbocycles. The molecule has 2 aromatic carbocycles. The summed E-state index contributed by atoms with van der Waals surface area (Å²) in [6.45, 7) is 0.233. The quantitative estimate of drug-likeness (QED) is 0.346. The highest BCUT2D eigenvalue weighted by atomic mass is 16.6. The van der Waals surface area contributed by atoms with Gasteiger partial charge in [0.05, 0.1) is 29.8 Å². The maximum atomic E-state index is 12.2. The van der Waals surface area contributed by atoms with Crippen molar-refractivity contribution in [2.24, 2.45) is 7.05 Å². The zero-order valence-corrected chi connectivity index (χ0v) is 16.6. The van der Waals surface area contributed by atoms with Crippen LogP contribution < -0.4 is 20.3 Å². The predicted octanol–water partition coefficient (Wildman–Crippen LogP) is 3.25. The number of nitrogens with zero attached hydrogens (tertiary/aromatic N) is 2. The molecule has 3 aromatic rings. The van der Waals surface area contributed by atoms with Crippen molar-refractivity contribution in [1.29, 1.82) is 0 Å². The van der Waals surface area contributed by atoms with E-state index in [0.717, 1.165) is 10.9 Å². The molecule has 0 spiro atoms. The lowest BCUT2D eigenvalue weighted by Crippen LogP contribution is -2.17. The molecule has 3 rings (SSSR count). The Bertz CT molecular complexity index is 1160. The molecule has 0 unspecified atom stereocenters. The lowest BCUT2D eigenvalue weighted by Gasteiger charge is -2.12. The van der Waals surface area contributed by atoms with Crippen LogP contribution in [-0.4, -0.2) is 29.1 Å².